The van der Waals surface area contributed by atoms with Crippen LogP contribution in [0.15, 0.2) is 54.7 Å². The predicted molar refractivity (Wildman–Crippen MR) is 145 cm³/mol. The van der Waals surface area contributed by atoms with Crippen LogP contribution in [0, 0.1) is 0 Å². The Balaban J connectivity index is 1.74. The summed E-state index contributed by atoms with van der Waals surface area (Å²) in [6.07, 6.45) is 3.28. The second-order valence-electron chi connectivity index (χ2n) is 10.2. The third kappa shape index (κ3) is 5.65. The summed E-state index contributed by atoms with van der Waals surface area (Å²) >= 11 is 0. The van der Waals surface area contributed by atoms with Gasteiger partial charge in [-0.3, -0.25) is 19.3 Å². The molecule has 1 atom stereocenters. The van der Waals surface area contributed by atoms with Crippen molar-refractivity contribution in [3.05, 3.63) is 77.1 Å². The highest BCUT2D eigenvalue weighted by molar-refractivity contribution is 6.10. The molecule has 4 rings (SSSR count). The molecule has 0 saturated carbocycles. The van der Waals surface area contributed by atoms with Crippen molar-refractivity contribution in [3.63, 3.8) is 0 Å². The summed E-state index contributed by atoms with van der Waals surface area (Å²) in [6.45, 7) is 5.91. The maximum Gasteiger partial charge on any atom is 0.251 e. The Morgan fingerprint density at radius 3 is 2.46 bits per heavy atom. The molecule has 0 radical (unpaired) electrons. The van der Waals surface area contributed by atoms with Crippen molar-refractivity contribution >= 4 is 23.3 Å². The number of hydrogen-bond donors (Lipinski definition) is 4. The molecule has 3 aromatic rings. The monoisotopic (exact) mass is 501 g/mol. The number of nitrogens with two attached hydrogens (primary N) is 2. The molecular formula is C29H35N5O3. The van der Waals surface area contributed by atoms with Gasteiger partial charge in [0, 0.05) is 53.5 Å². The molecule has 2 amide bonds. The first kappa shape index (κ1) is 26.3. The highest BCUT2D eigenvalue weighted by Gasteiger charge is 2.29. The van der Waals surface area contributed by atoms with Gasteiger partial charge < -0.3 is 21.8 Å². The summed E-state index contributed by atoms with van der Waals surface area (Å²) in [6, 6.07) is 14.4. The lowest BCUT2D eigenvalue weighted by atomic mass is 9.87. The zero-order chi connectivity index (χ0) is 26.7. The van der Waals surface area contributed by atoms with Gasteiger partial charge in [-0.25, -0.2) is 0 Å². The van der Waals surface area contributed by atoms with E-state index in [-0.39, 0.29) is 24.0 Å². The fourth-order valence-corrected chi connectivity index (χ4v) is 4.84. The maximum absolute atomic E-state index is 13.3. The molecule has 0 aliphatic carbocycles. The Kier molecular flexibility index (Phi) is 7.61. The molecule has 1 unspecified atom stereocenters. The number of aromatic amines is 1. The summed E-state index contributed by atoms with van der Waals surface area (Å²) in [7, 11) is 0. The van der Waals surface area contributed by atoms with Crippen LogP contribution in [0.3, 0.4) is 0 Å². The van der Waals surface area contributed by atoms with Crippen LogP contribution < -0.4 is 21.7 Å². The van der Waals surface area contributed by atoms with Gasteiger partial charge in [-0.15, -0.1) is 0 Å². The first-order valence-corrected chi connectivity index (χ1v) is 12.7. The molecular weight excluding hydrogens is 466 g/mol. The van der Waals surface area contributed by atoms with Crippen molar-refractivity contribution in [2.45, 2.75) is 58.2 Å². The van der Waals surface area contributed by atoms with E-state index in [9.17, 15) is 14.4 Å². The van der Waals surface area contributed by atoms with Gasteiger partial charge in [-0.2, -0.15) is 0 Å². The largest absolute Gasteiger partial charge is 0.363 e. The van der Waals surface area contributed by atoms with Crippen molar-refractivity contribution in [2.24, 2.45) is 11.5 Å². The Hall–Kier alpha value is -3.75. The minimum atomic E-state index is -0.691. The number of anilines is 1. The molecule has 194 valence electrons. The van der Waals surface area contributed by atoms with Crippen molar-refractivity contribution in [2.75, 3.05) is 11.4 Å². The van der Waals surface area contributed by atoms with Gasteiger partial charge >= 0.3 is 0 Å². The summed E-state index contributed by atoms with van der Waals surface area (Å²) in [5.41, 5.74) is 16.7. The van der Waals surface area contributed by atoms with E-state index < -0.39 is 11.7 Å². The van der Waals surface area contributed by atoms with E-state index in [2.05, 4.69) is 10.3 Å². The zero-order valence-electron chi connectivity index (χ0n) is 21.6. The van der Waals surface area contributed by atoms with E-state index in [4.69, 9.17) is 11.5 Å². The number of amides is 2. The molecule has 2 heterocycles. The number of H-pyrrole nitrogens is 1. The van der Waals surface area contributed by atoms with Crippen LogP contribution in [0.1, 0.15) is 78.2 Å². The average Bonchev–Trinajstić information content (AvgIpc) is 3.24. The van der Waals surface area contributed by atoms with Gasteiger partial charge in [0.15, 0.2) is 5.78 Å². The van der Waals surface area contributed by atoms with Crippen molar-refractivity contribution in [1.29, 1.82) is 0 Å². The molecule has 0 bridgehead atoms. The van der Waals surface area contributed by atoms with E-state index in [1.807, 2.05) is 43.5 Å². The number of carbonyl (C=O) groups is 3. The topological polar surface area (TPSA) is 134 Å². The Morgan fingerprint density at radius 1 is 1.08 bits per heavy atom. The molecule has 8 nitrogen and oxygen atoms in total. The highest BCUT2D eigenvalue weighted by Crippen LogP contribution is 2.34. The van der Waals surface area contributed by atoms with Crippen LogP contribution in [-0.2, 0) is 11.2 Å². The van der Waals surface area contributed by atoms with Crippen LogP contribution >= 0.6 is 0 Å². The third-order valence-electron chi connectivity index (χ3n) is 6.54. The van der Waals surface area contributed by atoms with Crippen LogP contribution in [0.25, 0.3) is 11.1 Å². The van der Waals surface area contributed by atoms with Crippen LogP contribution in [-0.4, -0.2) is 34.7 Å². The number of hydrogen-bond acceptors (Lipinski definition) is 5. The van der Waals surface area contributed by atoms with Crippen molar-refractivity contribution in [1.82, 2.24) is 10.3 Å². The van der Waals surface area contributed by atoms with Crippen molar-refractivity contribution in [3.8, 4) is 11.1 Å². The van der Waals surface area contributed by atoms with E-state index >= 15 is 0 Å². The minimum Gasteiger partial charge on any atom is -0.363 e. The number of nitrogens with zero attached hydrogens (tertiary/aromatic N) is 1. The number of Topliss-reactive ketones (excluding diaryl/α,β-unsaturated/α-hetero) is 1. The summed E-state index contributed by atoms with van der Waals surface area (Å²) in [5, 5.41) is 2.83. The normalized spacial score (nSPS) is 14.6. The molecule has 1 aromatic heterocycles. The summed E-state index contributed by atoms with van der Waals surface area (Å²) in [5.74, 6) is -0.409. The minimum absolute atomic E-state index is 0.0196. The quantitative estimate of drug-likeness (QED) is 0.345. The van der Waals surface area contributed by atoms with Gasteiger partial charge in [-0.1, -0.05) is 36.4 Å². The molecule has 37 heavy (non-hydrogen) atoms. The molecule has 8 heteroatoms. The zero-order valence-corrected chi connectivity index (χ0v) is 21.6. The van der Waals surface area contributed by atoms with Gasteiger partial charge in [0.1, 0.15) is 6.17 Å². The molecule has 0 spiro atoms. The smallest absolute Gasteiger partial charge is 0.251 e. The van der Waals surface area contributed by atoms with E-state index in [0.29, 0.717) is 35.2 Å². The molecule has 6 N–H and O–H groups in total. The highest BCUT2D eigenvalue weighted by atomic mass is 16.2. The first-order valence-electron chi connectivity index (χ1n) is 12.7. The number of rotatable bonds is 8. The lowest BCUT2D eigenvalue weighted by Crippen LogP contribution is -2.39. The number of fused-ring (bicyclic) bond motifs is 1. The maximum atomic E-state index is 13.3. The number of ketones is 1. The summed E-state index contributed by atoms with van der Waals surface area (Å²) in [4.78, 5) is 44.0. The second kappa shape index (κ2) is 10.7. The number of carbonyl (C=O) groups excluding carboxylic acids is 3. The van der Waals surface area contributed by atoms with E-state index in [1.165, 1.54) is 0 Å². The Bertz CT molecular complexity index is 1300. The van der Waals surface area contributed by atoms with E-state index in [1.54, 1.807) is 36.9 Å². The average molecular weight is 502 g/mol. The van der Waals surface area contributed by atoms with Crippen LogP contribution in [0.2, 0.25) is 0 Å². The number of aromatic nitrogens is 1. The number of nitrogens with one attached hydrogen (secondary N) is 2. The van der Waals surface area contributed by atoms with Gasteiger partial charge in [0.25, 0.3) is 5.91 Å². The van der Waals surface area contributed by atoms with Crippen LogP contribution in [0.4, 0.5) is 5.69 Å². The summed E-state index contributed by atoms with van der Waals surface area (Å²) < 4.78 is 0. The molecule has 1 aliphatic rings. The Labute approximate surface area is 217 Å². The second-order valence-corrected chi connectivity index (χ2v) is 10.2. The fraction of sp³-hybridized carbons (Fsp3) is 0.345. The fourth-order valence-electron chi connectivity index (χ4n) is 4.84. The molecule has 1 aliphatic heterocycles. The standard InChI is InChI=1S/C29H35N5O3/c1-4-32-28(37)21-8-5-7-20(24(35)17-29(2,3)31)26(21)18-11-13-19(14-12-18)27(30)34-23-15-16-33-22(23)9-6-10-25(34)36/h5,7-8,11-16,27,33H,4,6,9-10,17,30-31H2,1-3H3,(H,32,37). The SMILES string of the molecule is CCNC(=O)c1cccc(C(=O)CC(C)(C)N)c1-c1ccc(C(N)N2C(=O)CCCc3[nH]ccc32)cc1. The van der Waals surface area contributed by atoms with Gasteiger partial charge in [0.2, 0.25) is 5.91 Å². The molecule has 0 fully saturated rings. The number of aryl methyl sites for hydroxylation is 1. The lowest BCUT2D eigenvalue weighted by Gasteiger charge is -2.28. The Morgan fingerprint density at radius 2 is 1.78 bits per heavy atom. The van der Waals surface area contributed by atoms with Crippen LogP contribution in [0.5, 0.6) is 0 Å². The van der Waals surface area contributed by atoms with E-state index in [0.717, 1.165) is 29.8 Å². The van der Waals surface area contributed by atoms with Gasteiger partial charge in [0.05, 0.1) is 5.69 Å². The molecule has 2 aromatic carbocycles. The number of benzene rings is 2. The third-order valence-corrected chi connectivity index (χ3v) is 6.54. The van der Waals surface area contributed by atoms with Crippen molar-refractivity contribution < 1.29 is 14.4 Å². The predicted octanol–water partition coefficient (Wildman–Crippen LogP) is 4.07. The van der Waals surface area contributed by atoms with Gasteiger partial charge in [-0.05, 0) is 56.9 Å². The lowest BCUT2D eigenvalue weighted by molar-refractivity contribution is -0.119. The molecule has 0 saturated heterocycles. The first-order chi connectivity index (χ1) is 17.6.